The van der Waals surface area contributed by atoms with Gasteiger partial charge in [0.15, 0.2) is 8.32 Å². The molecular formula is C14H30O3Si. The summed E-state index contributed by atoms with van der Waals surface area (Å²) in [5.74, 6) is 0. The van der Waals surface area contributed by atoms with Gasteiger partial charge in [-0.2, -0.15) is 0 Å². The Balaban J connectivity index is 2.62. The molecule has 0 bridgehead atoms. The molecule has 0 aromatic heterocycles. The maximum atomic E-state index is 9.49. The van der Waals surface area contributed by atoms with Gasteiger partial charge in [-0.1, -0.05) is 27.7 Å². The minimum Gasteiger partial charge on any atom is -0.411 e. The van der Waals surface area contributed by atoms with E-state index < -0.39 is 8.32 Å². The second-order valence-corrected chi connectivity index (χ2v) is 11.7. The Labute approximate surface area is 113 Å². The molecule has 1 rings (SSSR count). The van der Waals surface area contributed by atoms with Crippen LogP contribution >= 0.6 is 0 Å². The Kier molecular flexibility index (Phi) is 5.41. The molecule has 1 N–H and O–H groups in total. The van der Waals surface area contributed by atoms with Gasteiger partial charge in [-0.25, -0.2) is 0 Å². The van der Waals surface area contributed by atoms with Crippen LogP contribution in [-0.4, -0.2) is 38.3 Å². The lowest BCUT2D eigenvalue weighted by atomic mass is 10.0. The molecule has 1 aliphatic heterocycles. The van der Waals surface area contributed by atoms with E-state index in [1.54, 1.807) is 0 Å². The van der Waals surface area contributed by atoms with Crippen molar-refractivity contribution >= 4 is 8.32 Å². The van der Waals surface area contributed by atoms with Gasteiger partial charge in [0.25, 0.3) is 0 Å². The molecule has 0 unspecified atom stereocenters. The number of hydrogen-bond donors (Lipinski definition) is 1. The quantitative estimate of drug-likeness (QED) is 0.799. The molecule has 0 amide bonds. The van der Waals surface area contributed by atoms with Crippen LogP contribution in [0.2, 0.25) is 18.1 Å². The molecule has 1 heterocycles. The summed E-state index contributed by atoms with van der Waals surface area (Å²) in [6.07, 6.45) is 2.78. The Bertz CT molecular complexity index is 252. The van der Waals surface area contributed by atoms with E-state index in [1.165, 1.54) is 0 Å². The van der Waals surface area contributed by atoms with Crippen molar-refractivity contribution in [3.05, 3.63) is 0 Å². The molecule has 3 nitrogen and oxygen atoms in total. The SMILES string of the molecule is CC[C@H](O[Si](C)(C)C(C)(C)C)[C@H]1CC[C@H](O)CO1. The molecule has 0 saturated carbocycles. The zero-order valence-corrected chi connectivity index (χ0v) is 13.8. The third kappa shape index (κ3) is 4.05. The molecule has 0 radical (unpaired) electrons. The summed E-state index contributed by atoms with van der Waals surface area (Å²) in [6.45, 7) is 14.0. The molecule has 18 heavy (non-hydrogen) atoms. The van der Waals surface area contributed by atoms with Crippen molar-refractivity contribution in [2.75, 3.05) is 6.61 Å². The van der Waals surface area contributed by atoms with E-state index in [2.05, 4.69) is 40.8 Å². The number of aliphatic hydroxyl groups is 1. The third-order valence-corrected chi connectivity index (χ3v) is 8.86. The largest absolute Gasteiger partial charge is 0.411 e. The summed E-state index contributed by atoms with van der Waals surface area (Å²) < 4.78 is 12.2. The molecule has 1 aliphatic rings. The van der Waals surface area contributed by atoms with Crippen LogP contribution < -0.4 is 0 Å². The highest BCUT2D eigenvalue weighted by Crippen LogP contribution is 2.38. The second kappa shape index (κ2) is 6.03. The molecule has 1 saturated heterocycles. The highest BCUT2D eigenvalue weighted by molar-refractivity contribution is 6.74. The van der Waals surface area contributed by atoms with Gasteiger partial charge in [0, 0.05) is 0 Å². The summed E-state index contributed by atoms with van der Waals surface area (Å²) in [4.78, 5) is 0. The van der Waals surface area contributed by atoms with Crippen LogP contribution in [0.15, 0.2) is 0 Å². The Morgan fingerprint density at radius 3 is 2.33 bits per heavy atom. The van der Waals surface area contributed by atoms with Crippen molar-refractivity contribution in [1.82, 2.24) is 0 Å². The number of rotatable bonds is 4. The first-order valence-corrected chi connectivity index (χ1v) is 10.1. The molecule has 1 fully saturated rings. The molecule has 108 valence electrons. The zero-order valence-electron chi connectivity index (χ0n) is 12.8. The fourth-order valence-electron chi connectivity index (χ4n) is 2.03. The zero-order chi connectivity index (χ0) is 14.0. The van der Waals surface area contributed by atoms with Crippen LogP contribution in [0.4, 0.5) is 0 Å². The van der Waals surface area contributed by atoms with Crippen molar-refractivity contribution in [3.8, 4) is 0 Å². The van der Waals surface area contributed by atoms with Gasteiger partial charge < -0.3 is 14.3 Å². The lowest BCUT2D eigenvalue weighted by molar-refractivity contribution is -0.0993. The van der Waals surface area contributed by atoms with E-state index in [-0.39, 0.29) is 23.4 Å². The Morgan fingerprint density at radius 1 is 1.33 bits per heavy atom. The number of hydrogen-bond acceptors (Lipinski definition) is 3. The molecular weight excluding hydrogens is 244 g/mol. The monoisotopic (exact) mass is 274 g/mol. The molecule has 0 aromatic carbocycles. The summed E-state index contributed by atoms with van der Waals surface area (Å²) >= 11 is 0. The number of aliphatic hydroxyl groups excluding tert-OH is 1. The molecule has 4 heteroatoms. The van der Waals surface area contributed by atoms with Crippen molar-refractivity contribution in [2.45, 2.75) is 83.4 Å². The first-order valence-electron chi connectivity index (χ1n) is 7.15. The van der Waals surface area contributed by atoms with E-state index in [0.29, 0.717) is 6.61 Å². The normalized spacial score (nSPS) is 28.2. The van der Waals surface area contributed by atoms with Gasteiger partial charge in [0.05, 0.1) is 24.9 Å². The fraction of sp³-hybridized carbons (Fsp3) is 1.00. The van der Waals surface area contributed by atoms with Gasteiger partial charge >= 0.3 is 0 Å². The lowest BCUT2D eigenvalue weighted by Crippen LogP contribution is -2.48. The summed E-state index contributed by atoms with van der Waals surface area (Å²) in [5.41, 5.74) is 0. The van der Waals surface area contributed by atoms with E-state index in [0.717, 1.165) is 19.3 Å². The van der Waals surface area contributed by atoms with E-state index in [1.807, 2.05) is 0 Å². The van der Waals surface area contributed by atoms with Gasteiger partial charge in [-0.3, -0.25) is 0 Å². The predicted octanol–water partition coefficient (Wildman–Crippen LogP) is 3.33. The first kappa shape index (κ1) is 16.2. The average Bonchev–Trinajstić information content (AvgIpc) is 2.25. The predicted molar refractivity (Wildman–Crippen MR) is 77.3 cm³/mol. The van der Waals surface area contributed by atoms with Crippen molar-refractivity contribution < 1.29 is 14.3 Å². The van der Waals surface area contributed by atoms with Crippen LogP contribution in [0.5, 0.6) is 0 Å². The second-order valence-electron chi connectivity index (χ2n) is 6.93. The van der Waals surface area contributed by atoms with Crippen LogP contribution in [0.25, 0.3) is 0 Å². The smallest absolute Gasteiger partial charge is 0.192 e. The van der Waals surface area contributed by atoms with Crippen LogP contribution in [0, 0.1) is 0 Å². The van der Waals surface area contributed by atoms with E-state index in [9.17, 15) is 5.11 Å². The minimum atomic E-state index is -1.73. The molecule has 3 atom stereocenters. The van der Waals surface area contributed by atoms with Crippen LogP contribution in [-0.2, 0) is 9.16 Å². The number of ether oxygens (including phenoxy) is 1. The standard InChI is InChI=1S/C14H30O3Si/c1-7-12(13-9-8-11(15)10-16-13)17-18(5,6)14(2,3)4/h11-13,15H,7-10H2,1-6H3/t11-,12-,13+/m0/s1. The van der Waals surface area contributed by atoms with Crippen LogP contribution in [0.3, 0.4) is 0 Å². The Hall–Kier alpha value is 0.0969. The lowest BCUT2D eigenvalue weighted by Gasteiger charge is -2.42. The van der Waals surface area contributed by atoms with Gasteiger partial charge in [-0.05, 0) is 37.4 Å². The van der Waals surface area contributed by atoms with Crippen molar-refractivity contribution in [2.24, 2.45) is 0 Å². The maximum Gasteiger partial charge on any atom is 0.192 e. The first-order chi connectivity index (χ1) is 8.17. The van der Waals surface area contributed by atoms with E-state index in [4.69, 9.17) is 9.16 Å². The van der Waals surface area contributed by atoms with Crippen molar-refractivity contribution in [3.63, 3.8) is 0 Å². The summed E-state index contributed by atoms with van der Waals surface area (Å²) in [7, 11) is -1.73. The highest BCUT2D eigenvalue weighted by Gasteiger charge is 2.41. The molecule has 0 aliphatic carbocycles. The van der Waals surface area contributed by atoms with Gasteiger partial charge in [-0.15, -0.1) is 0 Å². The third-order valence-electron chi connectivity index (χ3n) is 4.36. The van der Waals surface area contributed by atoms with Gasteiger partial charge in [0.1, 0.15) is 0 Å². The molecule has 0 spiro atoms. The van der Waals surface area contributed by atoms with Crippen LogP contribution in [0.1, 0.15) is 47.0 Å². The van der Waals surface area contributed by atoms with Crippen molar-refractivity contribution in [1.29, 1.82) is 0 Å². The average molecular weight is 274 g/mol. The topological polar surface area (TPSA) is 38.7 Å². The fourth-order valence-corrected chi connectivity index (χ4v) is 3.46. The Morgan fingerprint density at radius 2 is 1.94 bits per heavy atom. The summed E-state index contributed by atoms with van der Waals surface area (Å²) in [5, 5.41) is 9.72. The highest BCUT2D eigenvalue weighted by atomic mass is 28.4. The maximum absolute atomic E-state index is 9.49. The van der Waals surface area contributed by atoms with Gasteiger partial charge in [0.2, 0.25) is 0 Å². The molecule has 0 aromatic rings. The summed E-state index contributed by atoms with van der Waals surface area (Å²) in [6, 6.07) is 0. The minimum absolute atomic E-state index is 0.160. The van der Waals surface area contributed by atoms with E-state index >= 15 is 0 Å².